The molecule has 2 N–H and O–H groups in total. The van der Waals surface area contributed by atoms with Crippen molar-refractivity contribution in [2.75, 3.05) is 6.54 Å². The molecule has 22 heavy (non-hydrogen) atoms. The molecular weight excluding hydrogens is 278 g/mol. The lowest BCUT2D eigenvalue weighted by atomic mass is 10.0. The smallest absolute Gasteiger partial charge is 0.240 e. The van der Waals surface area contributed by atoms with E-state index in [1.165, 1.54) is 12.5 Å². The predicted octanol–water partition coefficient (Wildman–Crippen LogP) is 2.00. The molecule has 5 nitrogen and oxygen atoms in total. The first-order chi connectivity index (χ1) is 10.5. The SMILES string of the molecule is CCCc1ccc(CC(CCC)NCC(=O)NC(C)=O)nc1. The Morgan fingerprint density at radius 2 is 2.00 bits per heavy atom. The number of nitrogens with zero attached hydrogens (tertiary/aromatic N) is 1. The van der Waals surface area contributed by atoms with Gasteiger partial charge in [0.2, 0.25) is 11.8 Å². The van der Waals surface area contributed by atoms with Gasteiger partial charge >= 0.3 is 0 Å². The Hall–Kier alpha value is -1.75. The fraction of sp³-hybridized carbons (Fsp3) is 0.588. The molecule has 5 heteroatoms. The first-order valence-corrected chi connectivity index (χ1v) is 8.02. The van der Waals surface area contributed by atoms with Crippen LogP contribution in [0.25, 0.3) is 0 Å². The van der Waals surface area contributed by atoms with Crippen molar-refractivity contribution >= 4 is 11.8 Å². The van der Waals surface area contributed by atoms with Crippen molar-refractivity contribution < 1.29 is 9.59 Å². The molecule has 0 radical (unpaired) electrons. The molecule has 1 heterocycles. The van der Waals surface area contributed by atoms with Gasteiger partial charge in [0.15, 0.2) is 0 Å². The predicted molar refractivity (Wildman–Crippen MR) is 87.5 cm³/mol. The lowest BCUT2D eigenvalue weighted by Gasteiger charge is -2.17. The fourth-order valence-corrected chi connectivity index (χ4v) is 2.37. The van der Waals surface area contributed by atoms with E-state index in [0.717, 1.165) is 37.8 Å². The summed E-state index contributed by atoms with van der Waals surface area (Å²) in [5.74, 6) is -0.619. The van der Waals surface area contributed by atoms with Crippen LogP contribution in [0.5, 0.6) is 0 Å². The maximum absolute atomic E-state index is 11.5. The van der Waals surface area contributed by atoms with Crippen LogP contribution in [0.15, 0.2) is 18.3 Å². The van der Waals surface area contributed by atoms with Gasteiger partial charge in [0.05, 0.1) is 6.54 Å². The summed E-state index contributed by atoms with van der Waals surface area (Å²) in [5.41, 5.74) is 2.28. The van der Waals surface area contributed by atoms with Crippen LogP contribution < -0.4 is 10.6 Å². The van der Waals surface area contributed by atoms with Crippen LogP contribution in [-0.2, 0) is 22.4 Å². The number of nitrogens with one attached hydrogen (secondary N) is 2. The summed E-state index contributed by atoms with van der Waals surface area (Å²) in [4.78, 5) is 26.9. The minimum Gasteiger partial charge on any atom is -0.305 e. The van der Waals surface area contributed by atoms with E-state index in [9.17, 15) is 9.59 Å². The molecule has 0 aliphatic heterocycles. The number of aryl methyl sites for hydroxylation is 1. The van der Waals surface area contributed by atoms with Crippen molar-refractivity contribution in [2.45, 2.75) is 58.9 Å². The normalized spacial score (nSPS) is 12.0. The van der Waals surface area contributed by atoms with Crippen molar-refractivity contribution in [1.29, 1.82) is 0 Å². The van der Waals surface area contributed by atoms with Crippen LogP contribution in [-0.4, -0.2) is 29.4 Å². The van der Waals surface area contributed by atoms with Gasteiger partial charge < -0.3 is 5.32 Å². The standard InChI is InChI=1S/C17H27N3O2/c1-4-6-14-8-9-16(18-11-14)10-15(7-5-2)19-12-17(22)20-13(3)21/h8-9,11,15,19H,4-7,10,12H2,1-3H3,(H,20,21,22). The van der Waals surface area contributed by atoms with E-state index in [0.29, 0.717) is 0 Å². The zero-order valence-corrected chi connectivity index (χ0v) is 13.8. The summed E-state index contributed by atoms with van der Waals surface area (Å²) in [6, 6.07) is 4.37. The number of rotatable bonds is 9. The number of aromatic nitrogens is 1. The van der Waals surface area contributed by atoms with E-state index in [1.807, 2.05) is 6.20 Å². The molecule has 122 valence electrons. The lowest BCUT2D eigenvalue weighted by molar-refractivity contribution is -0.128. The molecule has 0 aliphatic carbocycles. The number of imide groups is 1. The summed E-state index contributed by atoms with van der Waals surface area (Å²) in [6.45, 7) is 5.75. The summed E-state index contributed by atoms with van der Waals surface area (Å²) in [7, 11) is 0. The maximum Gasteiger partial charge on any atom is 0.240 e. The molecule has 1 rings (SSSR count). The molecule has 0 aromatic carbocycles. The zero-order valence-electron chi connectivity index (χ0n) is 13.8. The van der Waals surface area contributed by atoms with Crippen molar-refractivity contribution in [3.8, 4) is 0 Å². The second-order valence-electron chi connectivity index (χ2n) is 5.58. The Kier molecular flexibility index (Phi) is 8.36. The van der Waals surface area contributed by atoms with Crippen LogP contribution in [0.3, 0.4) is 0 Å². The quantitative estimate of drug-likeness (QED) is 0.732. The molecule has 1 aromatic rings. The van der Waals surface area contributed by atoms with E-state index >= 15 is 0 Å². The Morgan fingerprint density at radius 1 is 1.23 bits per heavy atom. The van der Waals surface area contributed by atoms with Gasteiger partial charge in [-0.05, 0) is 24.5 Å². The number of hydrogen-bond donors (Lipinski definition) is 2. The van der Waals surface area contributed by atoms with E-state index in [2.05, 4.69) is 41.6 Å². The van der Waals surface area contributed by atoms with Crippen LogP contribution in [0.4, 0.5) is 0 Å². The third kappa shape index (κ3) is 7.31. The molecule has 0 fully saturated rings. The number of pyridine rings is 1. The molecule has 0 saturated carbocycles. The fourth-order valence-electron chi connectivity index (χ4n) is 2.37. The molecule has 0 aliphatic rings. The summed E-state index contributed by atoms with van der Waals surface area (Å²) < 4.78 is 0. The summed E-state index contributed by atoms with van der Waals surface area (Å²) in [6.07, 6.45) is 6.88. The van der Waals surface area contributed by atoms with Crippen LogP contribution >= 0.6 is 0 Å². The number of hydrogen-bond acceptors (Lipinski definition) is 4. The highest BCUT2D eigenvalue weighted by Crippen LogP contribution is 2.08. The van der Waals surface area contributed by atoms with Gasteiger partial charge in [-0.25, -0.2) is 0 Å². The van der Waals surface area contributed by atoms with Gasteiger partial charge in [0.1, 0.15) is 0 Å². The molecular formula is C17H27N3O2. The number of carbonyl (C=O) groups excluding carboxylic acids is 2. The number of amides is 2. The van der Waals surface area contributed by atoms with E-state index in [4.69, 9.17) is 0 Å². The summed E-state index contributed by atoms with van der Waals surface area (Å²) >= 11 is 0. The Morgan fingerprint density at radius 3 is 2.55 bits per heavy atom. The molecule has 1 aromatic heterocycles. The van der Waals surface area contributed by atoms with E-state index < -0.39 is 0 Å². The average Bonchev–Trinajstić information content (AvgIpc) is 2.46. The van der Waals surface area contributed by atoms with Crippen molar-refractivity contribution in [2.24, 2.45) is 0 Å². The molecule has 0 bridgehead atoms. The van der Waals surface area contributed by atoms with Gasteiger partial charge in [0, 0.05) is 31.3 Å². The molecule has 1 atom stereocenters. The highest BCUT2D eigenvalue weighted by atomic mass is 16.2. The lowest BCUT2D eigenvalue weighted by Crippen LogP contribution is -2.41. The highest BCUT2D eigenvalue weighted by molar-refractivity contribution is 5.94. The Balaban J connectivity index is 2.52. The summed E-state index contributed by atoms with van der Waals surface area (Å²) in [5, 5.41) is 5.48. The average molecular weight is 305 g/mol. The molecule has 0 saturated heterocycles. The minimum atomic E-state index is -0.327. The Labute approximate surface area is 132 Å². The second-order valence-corrected chi connectivity index (χ2v) is 5.58. The van der Waals surface area contributed by atoms with Crippen molar-refractivity contribution in [3.05, 3.63) is 29.6 Å². The third-order valence-electron chi connectivity index (χ3n) is 3.38. The minimum absolute atomic E-state index is 0.151. The molecule has 1 unspecified atom stereocenters. The highest BCUT2D eigenvalue weighted by Gasteiger charge is 2.12. The van der Waals surface area contributed by atoms with Gasteiger partial charge in [-0.3, -0.25) is 19.9 Å². The first kappa shape index (κ1) is 18.3. The van der Waals surface area contributed by atoms with Gasteiger partial charge in [-0.2, -0.15) is 0 Å². The molecule has 2 amide bonds. The van der Waals surface area contributed by atoms with Gasteiger partial charge in [-0.1, -0.05) is 32.8 Å². The van der Waals surface area contributed by atoms with E-state index in [1.54, 1.807) is 0 Å². The van der Waals surface area contributed by atoms with Gasteiger partial charge in [0.25, 0.3) is 0 Å². The zero-order chi connectivity index (χ0) is 16.4. The molecule has 0 spiro atoms. The number of carbonyl (C=O) groups is 2. The van der Waals surface area contributed by atoms with Crippen LogP contribution in [0, 0.1) is 0 Å². The second kappa shape index (κ2) is 10.1. The van der Waals surface area contributed by atoms with E-state index in [-0.39, 0.29) is 24.4 Å². The van der Waals surface area contributed by atoms with Gasteiger partial charge in [-0.15, -0.1) is 0 Å². The monoisotopic (exact) mass is 305 g/mol. The van der Waals surface area contributed by atoms with Crippen LogP contribution in [0.1, 0.15) is 51.3 Å². The first-order valence-electron chi connectivity index (χ1n) is 8.02. The van der Waals surface area contributed by atoms with Crippen molar-refractivity contribution in [3.63, 3.8) is 0 Å². The third-order valence-corrected chi connectivity index (χ3v) is 3.38. The van der Waals surface area contributed by atoms with Crippen LogP contribution in [0.2, 0.25) is 0 Å². The largest absolute Gasteiger partial charge is 0.305 e. The topological polar surface area (TPSA) is 71.1 Å². The Bertz CT molecular complexity index is 471. The maximum atomic E-state index is 11.5. The van der Waals surface area contributed by atoms with Crippen molar-refractivity contribution in [1.82, 2.24) is 15.6 Å².